The summed E-state index contributed by atoms with van der Waals surface area (Å²) in [4.78, 5) is 38.8. The SMILES string of the molecule is CC1C(=O)NCCN1C(=O)C(=O)N1CCCNCC1. The van der Waals surface area contributed by atoms with Crippen molar-refractivity contribution in [1.82, 2.24) is 20.4 Å². The monoisotopic (exact) mass is 268 g/mol. The Bertz CT molecular complexity index is 377. The number of nitrogens with one attached hydrogen (secondary N) is 2. The fourth-order valence-electron chi connectivity index (χ4n) is 2.37. The lowest BCUT2D eigenvalue weighted by molar-refractivity contribution is -0.155. The lowest BCUT2D eigenvalue weighted by atomic mass is 10.2. The summed E-state index contributed by atoms with van der Waals surface area (Å²) < 4.78 is 0. The van der Waals surface area contributed by atoms with Gasteiger partial charge >= 0.3 is 11.8 Å². The van der Waals surface area contributed by atoms with Crippen LogP contribution in [-0.2, 0) is 14.4 Å². The first kappa shape index (κ1) is 13.8. The molecular weight excluding hydrogens is 248 g/mol. The Morgan fingerprint density at radius 1 is 1.11 bits per heavy atom. The Kier molecular flexibility index (Phi) is 4.36. The van der Waals surface area contributed by atoms with Crippen LogP contribution in [0.1, 0.15) is 13.3 Å². The van der Waals surface area contributed by atoms with Crippen molar-refractivity contribution >= 4 is 17.7 Å². The third kappa shape index (κ3) is 3.04. The highest BCUT2D eigenvalue weighted by atomic mass is 16.2. The van der Waals surface area contributed by atoms with E-state index in [1.165, 1.54) is 4.90 Å². The first-order chi connectivity index (χ1) is 9.11. The van der Waals surface area contributed by atoms with E-state index in [0.717, 1.165) is 13.0 Å². The van der Waals surface area contributed by atoms with Crippen molar-refractivity contribution in [3.05, 3.63) is 0 Å². The van der Waals surface area contributed by atoms with Gasteiger partial charge in [-0.15, -0.1) is 0 Å². The zero-order valence-electron chi connectivity index (χ0n) is 11.1. The normalized spacial score (nSPS) is 24.7. The Hall–Kier alpha value is -1.63. The molecule has 0 aromatic heterocycles. The summed E-state index contributed by atoms with van der Waals surface area (Å²) in [7, 11) is 0. The van der Waals surface area contributed by atoms with E-state index in [-0.39, 0.29) is 5.91 Å². The van der Waals surface area contributed by atoms with E-state index in [1.54, 1.807) is 11.8 Å². The van der Waals surface area contributed by atoms with E-state index in [0.29, 0.717) is 32.7 Å². The molecular formula is C12H20N4O3. The second-order valence-corrected chi connectivity index (χ2v) is 4.86. The van der Waals surface area contributed by atoms with Crippen molar-refractivity contribution in [2.75, 3.05) is 39.3 Å². The third-order valence-corrected chi connectivity index (χ3v) is 3.57. The molecule has 7 heteroatoms. The van der Waals surface area contributed by atoms with Gasteiger partial charge in [0.2, 0.25) is 5.91 Å². The number of carbonyl (C=O) groups is 3. The molecule has 2 fully saturated rings. The smallest absolute Gasteiger partial charge is 0.312 e. The standard InChI is InChI=1S/C12H20N4O3/c1-9-10(17)14-5-8-16(9)12(19)11(18)15-6-2-3-13-4-7-15/h9,13H,2-8H2,1H3,(H,14,17). The summed E-state index contributed by atoms with van der Waals surface area (Å²) in [6, 6.07) is -0.574. The maximum atomic E-state index is 12.2. The molecule has 0 spiro atoms. The second kappa shape index (κ2) is 6.01. The van der Waals surface area contributed by atoms with E-state index in [2.05, 4.69) is 10.6 Å². The molecule has 2 saturated heterocycles. The number of hydrogen-bond donors (Lipinski definition) is 2. The van der Waals surface area contributed by atoms with Crippen molar-refractivity contribution in [1.29, 1.82) is 0 Å². The van der Waals surface area contributed by atoms with Crippen LogP contribution in [0.4, 0.5) is 0 Å². The predicted octanol–water partition coefficient (Wildman–Crippen LogP) is -1.84. The molecule has 0 radical (unpaired) electrons. The molecule has 2 aliphatic heterocycles. The first-order valence-corrected chi connectivity index (χ1v) is 6.69. The third-order valence-electron chi connectivity index (χ3n) is 3.57. The molecule has 3 amide bonds. The van der Waals surface area contributed by atoms with Gasteiger partial charge in [0.15, 0.2) is 0 Å². The summed E-state index contributed by atoms with van der Waals surface area (Å²) in [6.07, 6.45) is 0.842. The molecule has 1 unspecified atom stereocenters. The van der Waals surface area contributed by atoms with Crippen molar-refractivity contribution < 1.29 is 14.4 Å². The largest absolute Gasteiger partial charge is 0.353 e. The summed E-state index contributed by atoms with van der Waals surface area (Å²) in [5.74, 6) is -1.26. The molecule has 0 aromatic rings. The van der Waals surface area contributed by atoms with Gasteiger partial charge in [0, 0.05) is 32.7 Å². The lowest BCUT2D eigenvalue weighted by Crippen LogP contribution is -2.59. The average Bonchev–Trinajstić information content (AvgIpc) is 2.69. The summed E-state index contributed by atoms with van der Waals surface area (Å²) in [5.41, 5.74) is 0. The van der Waals surface area contributed by atoms with Crippen LogP contribution in [0, 0.1) is 0 Å². The Morgan fingerprint density at radius 2 is 1.89 bits per heavy atom. The summed E-state index contributed by atoms with van der Waals surface area (Å²) >= 11 is 0. The highest BCUT2D eigenvalue weighted by Gasteiger charge is 2.34. The molecule has 0 aromatic carbocycles. The van der Waals surface area contributed by atoms with Gasteiger partial charge in [-0.3, -0.25) is 14.4 Å². The Labute approximate surface area is 112 Å². The predicted molar refractivity (Wildman–Crippen MR) is 68.3 cm³/mol. The number of nitrogens with zero attached hydrogens (tertiary/aromatic N) is 2. The average molecular weight is 268 g/mol. The summed E-state index contributed by atoms with van der Waals surface area (Å²) in [5, 5.41) is 5.86. The first-order valence-electron chi connectivity index (χ1n) is 6.69. The topological polar surface area (TPSA) is 81.8 Å². The van der Waals surface area contributed by atoms with Gasteiger partial charge in [-0.05, 0) is 19.9 Å². The molecule has 0 saturated carbocycles. The molecule has 0 aliphatic carbocycles. The van der Waals surface area contributed by atoms with Crippen LogP contribution in [0.5, 0.6) is 0 Å². The maximum absolute atomic E-state index is 12.2. The van der Waals surface area contributed by atoms with Gasteiger partial charge in [0.1, 0.15) is 6.04 Å². The molecule has 2 rings (SSSR count). The number of hydrogen-bond acceptors (Lipinski definition) is 4. The maximum Gasteiger partial charge on any atom is 0.312 e. The highest BCUT2D eigenvalue weighted by molar-refractivity contribution is 6.35. The van der Waals surface area contributed by atoms with Crippen LogP contribution >= 0.6 is 0 Å². The minimum absolute atomic E-state index is 0.204. The van der Waals surface area contributed by atoms with Crippen LogP contribution in [0.25, 0.3) is 0 Å². The van der Waals surface area contributed by atoms with Crippen LogP contribution in [0.3, 0.4) is 0 Å². The van der Waals surface area contributed by atoms with Crippen molar-refractivity contribution in [3.63, 3.8) is 0 Å². The number of amides is 3. The molecule has 2 N–H and O–H groups in total. The molecule has 0 bridgehead atoms. The van der Waals surface area contributed by atoms with E-state index in [9.17, 15) is 14.4 Å². The molecule has 7 nitrogen and oxygen atoms in total. The van der Waals surface area contributed by atoms with Gasteiger partial charge < -0.3 is 20.4 Å². The van der Waals surface area contributed by atoms with Gasteiger partial charge in [-0.2, -0.15) is 0 Å². The van der Waals surface area contributed by atoms with E-state index < -0.39 is 17.9 Å². The Morgan fingerprint density at radius 3 is 2.68 bits per heavy atom. The lowest BCUT2D eigenvalue weighted by Gasteiger charge is -2.33. The minimum Gasteiger partial charge on any atom is -0.353 e. The Balaban J connectivity index is 2.01. The van der Waals surface area contributed by atoms with Gasteiger partial charge in [-0.1, -0.05) is 0 Å². The fourth-order valence-corrected chi connectivity index (χ4v) is 2.37. The van der Waals surface area contributed by atoms with Crippen LogP contribution in [0.2, 0.25) is 0 Å². The summed E-state index contributed by atoms with van der Waals surface area (Å²) in [6.45, 7) is 5.14. The van der Waals surface area contributed by atoms with Crippen LogP contribution in [0.15, 0.2) is 0 Å². The second-order valence-electron chi connectivity index (χ2n) is 4.86. The number of rotatable bonds is 0. The van der Waals surface area contributed by atoms with E-state index in [1.807, 2.05) is 0 Å². The zero-order valence-corrected chi connectivity index (χ0v) is 11.1. The van der Waals surface area contributed by atoms with Crippen molar-refractivity contribution in [3.8, 4) is 0 Å². The number of carbonyl (C=O) groups excluding carboxylic acids is 3. The quantitative estimate of drug-likeness (QED) is 0.506. The van der Waals surface area contributed by atoms with E-state index >= 15 is 0 Å². The van der Waals surface area contributed by atoms with Crippen LogP contribution in [-0.4, -0.2) is 72.8 Å². The zero-order chi connectivity index (χ0) is 13.8. The van der Waals surface area contributed by atoms with Gasteiger partial charge in [0.05, 0.1) is 0 Å². The number of piperazine rings is 1. The molecule has 2 heterocycles. The van der Waals surface area contributed by atoms with Crippen molar-refractivity contribution in [2.45, 2.75) is 19.4 Å². The molecule has 19 heavy (non-hydrogen) atoms. The molecule has 2 aliphatic rings. The van der Waals surface area contributed by atoms with E-state index in [4.69, 9.17) is 0 Å². The van der Waals surface area contributed by atoms with Crippen molar-refractivity contribution in [2.24, 2.45) is 0 Å². The fraction of sp³-hybridized carbons (Fsp3) is 0.750. The molecule has 106 valence electrons. The highest BCUT2D eigenvalue weighted by Crippen LogP contribution is 2.07. The van der Waals surface area contributed by atoms with Crippen LogP contribution < -0.4 is 10.6 Å². The van der Waals surface area contributed by atoms with Gasteiger partial charge in [0.25, 0.3) is 0 Å². The van der Waals surface area contributed by atoms with Gasteiger partial charge in [-0.25, -0.2) is 0 Å². The minimum atomic E-state index is -0.574. The molecule has 1 atom stereocenters.